The Morgan fingerprint density at radius 1 is 0.957 bits per heavy atom. The van der Waals surface area contributed by atoms with E-state index in [1.807, 2.05) is 0 Å². The van der Waals surface area contributed by atoms with Crippen LogP contribution in [0, 0.1) is 17.8 Å². The monoisotopic (exact) mass is 320 g/mol. The van der Waals surface area contributed by atoms with Crippen molar-refractivity contribution in [2.24, 2.45) is 17.8 Å². The third-order valence-corrected chi connectivity index (χ3v) is 6.75. The molecule has 0 saturated heterocycles. The predicted octanol–water partition coefficient (Wildman–Crippen LogP) is 1.29. The molecule has 128 valence electrons. The van der Waals surface area contributed by atoms with E-state index < -0.39 is 0 Å². The number of carbonyl (C=O) groups is 2. The zero-order chi connectivity index (χ0) is 15.9. The summed E-state index contributed by atoms with van der Waals surface area (Å²) >= 11 is 0. The average molecular weight is 320 g/mol. The van der Waals surface area contributed by atoms with Crippen molar-refractivity contribution in [1.82, 2.24) is 10.6 Å². The van der Waals surface area contributed by atoms with E-state index >= 15 is 0 Å². The molecule has 5 saturated carbocycles. The summed E-state index contributed by atoms with van der Waals surface area (Å²) in [6.45, 7) is 0.393. The third-order valence-electron chi connectivity index (χ3n) is 6.75. The molecular formula is C18H30N3O2+. The lowest BCUT2D eigenvalue weighted by molar-refractivity contribution is -0.730. The van der Waals surface area contributed by atoms with Crippen LogP contribution in [0.4, 0.5) is 4.79 Å². The number of rotatable bonds is 4. The molecule has 4 N–H and O–H groups in total. The molecule has 0 aliphatic heterocycles. The van der Waals surface area contributed by atoms with Crippen molar-refractivity contribution in [3.8, 4) is 0 Å². The van der Waals surface area contributed by atoms with Crippen LogP contribution in [0.1, 0.15) is 64.2 Å². The largest absolute Gasteiger partial charge is 0.335 e. The third kappa shape index (κ3) is 3.39. The van der Waals surface area contributed by atoms with Crippen molar-refractivity contribution < 1.29 is 14.9 Å². The van der Waals surface area contributed by atoms with Gasteiger partial charge in [0, 0.05) is 25.3 Å². The van der Waals surface area contributed by atoms with E-state index in [1.165, 1.54) is 51.4 Å². The number of hydrogen-bond acceptors (Lipinski definition) is 2. The van der Waals surface area contributed by atoms with Crippen LogP contribution in [0.2, 0.25) is 0 Å². The number of amides is 3. The minimum Gasteiger partial charge on any atom is -0.335 e. The molecule has 0 aromatic heterocycles. The van der Waals surface area contributed by atoms with Gasteiger partial charge in [0.1, 0.15) is 0 Å². The van der Waals surface area contributed by atoms with Gasteiger partial charge < -0.3 is 10.6 Å². The second kappa shape index (κ2) is 6.08. The molecule has 0 aromatic carbocycles. The Bertz CT molecular complexity index is 449. The first-order chi connectivity index (χ1) is 11.1. The van der Waals surface area contributed by atoms with Gasteiger partial charge in [-0.25, -0.2) is 4.79 Å². The smallest absolute Gasteiger partial charge is 0.321 e. The van der Waals surface area contributed by atoms with Gasteiger partial charge in [-0.2, -0.15) is 0 Å². The lowest BCUT2D eigenvalue weighted by Gasteiger charge is -2.54. The molecule has 23 heavy (non-hydrogen) atoms. The quantitative estimate of drug-likeness (QED) is 0.730. The van der Waals surface area contributed by atoms with Crippen LogP contribution in [0.5, 0.6) is 0 Å². The van der Waals surface area contributed by atoms with Crippen molar-refractivity contribution in [1.29, 1.82) is 0 Å². The van der Waals surface area contributed by atoms with E-state index in [2.05, 4.69) is 16.0 Å². The van der Waals surface area contributed by atoms with E-state index in [-0.39, 0.29) is 18.0 Å². The van der Waals surface area contributed by atoms with Crippen LogP contribution in [0.25, 0.3) is 0 Å². The zero-order valence-corrected chi connectivity index (χ0v) is 14.0. The van der Waals surface area contributed by atoms with Gasteiger partial charge in [-0.15, -0.1) is 0 Å². The average Bonchev–Trinajstić information content (AvgIpc) is 2.96. The fourth-order valence-corrected chi connectivity index (χ4v) is 6.21. The summed E-state index contributed by atoms with van der Waals surface area (Å²) < 4.78 is 0. The van der Waals surface area contributed by atoms with Crippen LogP contribution in [-0.2, 0) is 4.79 Å². The minimum absolute atomic E-state index is 0.142. The summed E-state index contributed by atoms with van der Waals surface area (Å²) in [5, 5.41) is 7.70. The molecule has 0 aromatic rings. The predicted molar refractivity (Wildman–Crippen MR) is 86.6 cm³/mol. The molecule has 5 rings (SSSR count). The van der Waals surface area contributed by atoms with Gasteiger partial charge in [0.25, 0.3) is 5.91 Å². The Labute approximate surface area is 138 Å². The lowest BCUT2D eigenvalue weighted by atomic mass is 9.53. The van der Waals surface area contributed by atoms with Gasteiger partial charge >= 0.3 is 6.03 Å². The van der Waals surface area contributed by atoms with Crippen LogP contribution < -0.4 is 16.0 Å². The van der Waals surface area contributed by atoms with Crippen LogP contribution in [0.3, 0.4) is 0 Å². The summed E-state index contributed by atoms with van der Waals surface area (Å²) in [5.41, 5.74) is 0.300. The molecule has 5 nitrogen and oxygen atoms in total. The Balaban J connectivity index is 1.24. The van der Waals surface area contributed by atoms with Gasteiger partial charge in [-0.05, 0) is 49.9 Å². The number of nitrogens with one attached hydrogen (secondary N) is 2. The maximum Gasteiger partial charge on any atom is 0.321 e. The van der Waals surface area contributed by atoms with Crippen molar-refractivity contribution in [2.75, 3.05) is 6.54 Å². The molecule has 0 unspecified atom stereocenters. The first kappa shape index (κ1) is 15.4. The highest BCUT2D eigenvalue weighted by Gasteiger charge is 2.53. The van der Waals surface area contributed by atoms with E-state index in [0.717, 1.165) is 30.6 Å². The van der Waals surface area contributed by atoms with Crippen LogP contribution in [-0.4, -0.2) is 30.1 Å². The number of quaternary nitrogens is 1. The molecule has 5 fully saturated rings. The van der Waals surface area contributed by atoms with Crippen LogP contribution in [0.15, 0.2) is 0 Å². The first-order valence-electron chi connectivity index (χ1n) is 9.55. The Kier molecular flexibility index (Phi) is 4.08. The van der Waals surface area contributed by atoms with Crippen molar-refractivity contribution in [2.45, 2.75) is 75.8 Å². The highest BCUT2D eigenvalue weighted by Crippen LogP contribution is 2.54. The summed E-state index contributed by atoms with van der Waals surface area (Å²) in [4.78, 5) is 24.0. The standard InChI is InChI=1S/C18H29N3O2/c22-16(21-17(23)20-15-3-1-2-4-15)11-19-18-8-12-5-13(9-18)7-14(6-12)10-18/h12-15,19H,1-11H2,(H2,20,21,22,23)/p+1. The maximum absolute atomic E-state index is 12.1. The summed E-state index contributed by atoms with van der Waals surface area (Å²) in [6, 6.07) is -0.0456. The first-order valence-corrected chi connectivity index (χ1v) is 9.55. The summed E-state index contributed by atoms with van der Waals surface area (Å²) in [5.74, 6) is 2.54. The van der Waals surface area contributed by atoms with Crippen molar-refractivity contribution in [3.05, 3.63) is 0 Å². The number of imide groups is 1. The molecule has 5 aliphatic rings. The zero-order valence-electron chi connectivity index (χ0n) is 14.0. The molecule has 0 spiro atoms. The fourth-order valence-electron chi connectivity index (χ4n) is 6.21. The van der Waals surface area contributed by atoms with Gasteiger partial charge in [0.05, 0.1) is 5.54 Å². The normalized spacial score (nSPS) is 38.7. The van der Waals surface area contributed by atoms with E-state index in [0.29, 0.717) is 12.1 Å². The lowest BCUT2D eigenvalue weighted by Crippen LogP contribution is -3.00. The van der Waals surface area contributed by atoms with Crippen molar-refractivity contribution in [3.63, 3.8) is 0 Å². The highest BCUT2D eigenvalue weighted by molar-refractivity contribution is 5.94. The van der Waals surface area contributed by atoms with Gasteiger partial charge in [-0.1, -0.05) is 12.8 Å². The molecule has 4 bridgehead atoms. The topological polar surface area (TPSA) is 74.8 Å². The fraction of sp³-hybridized carbons (Fsp3) is 0.889. The van der Waals surface area contributed by atoms with Crippen LogP contribution >= 0.6 is 0 Å². The molecule has 3 amide bonds. The number of carbonyl (C=O) groups excluding carboxylic acids is 2. The highest BCUT2D eigenvalue weighted by atomic mass is 16.2. The Morgan fingerprint density at radius 3 is 2.09 bits per heavy atom. The Morgan fingerprint density at radius 2 is 1.52 bits per heavy atom. The molecule has 0 radical (unpaired) electrons. The summed E-state index contributed by atoms with van der Waals surface area (Å²) in [7, 11) is 0. The SMILES string of the molecule is O=C(C[NH2+]C12CC3CC(CC(C3)C1)C2)NC(=O)NC1CCCC1. The van der Waals surface area contributed by atoms with E-state index in [1.54, 1.807) is 0 Å². The molecule has 0 atom stereocenters. The van der Waals surface area contributed by atoms with Gasteiger partial charge in [0.2, 0.25) is 0 Å². The molecule has 5 aliphatic carbocycles. The van der Waals surface area contributed by atoms with Gasteiger partial charge in [0.15, 0.2) is 6.54 Å². The maximum atomic E-state index is 12.1. The number of urea groups is 1. The molecule has 0 heterocycles. The molecule has 5 heteroatoms. The minimum atomic E-state index is -0.305. The van der Waals surface area contributed by atoms with Gasteiger partial charge in [-0.3, -0.25) is 10.1 Å². The second-order valence-corrected chi connectivity index (χ2v) is 8.69. The Hall–Kier alpha value is -1.10. The summed E-state index contributed by atoms with van der Waals surface area (Å²) in [6.07, 6.45) is 12.5. The van der Waals surface area contributed by atoms with Crippen molar-refractivity contribution >= 4 is 11.9 Å². The number of nitrogens with two attached hydrogens (primary N) is 1. The number of hydrogen-bond donors (Lipinski definition) is 3. The molecular weight excluding hydrogens is 290 g/mol. The van der Waals surface area contributed by atoms with E-state index in [4.69, 9.17) is 0 Å². The second-order valence-electron chi connectivity index (χ2n) is 8.69. The van der Waals surface area contributed by atoms with E-state index in [9.17, 15) is 9.59 Å².